The number of carbonyl (C=O) groups excluding carboxylic acids is 1. The minimum absolute atomic E-state index is 0.0228. The van der Waals surface area contributed by atoms with Crippen molar-refractivity contribution in [3.05, 3.63) is 83.9 Å². The Morgan fingerprint density at radius 3 is 2.34 bits per heavy atom. The molecule has 6 nitrogen and oxygen atoms in total. The number of fused-ring (bicyclic) bond motifs is 2. The number of hydrogen-bond donors (Lipinski definition) is 1. The molecule has 0 aromatic heterocycles. The normalized spacial score (nSPS) is 22.1. The van der Waals surface area contributed by atoms with E-state index in [2.05, 4.69) is 5.32 Å². The van der Waals surface area contributed by atoms with Crippen LogP contribution in [0.2, 0.25) is 0 Å². The molecule has 3 aromatic carbocycles. The van der Waals surface area contributed by atoms with Crippen LogP contribution < -0.4 is 14.4 Å². The summed E-state index contributed by atoms with van der Waals surface area (Å²) in [4.78, 5) is 13.4. The van der Waals surface area contributed by atoms with Gasteiger partial charge in [-0.3, -0.25) is 9.10 Å². The summed E-state index contributed by atoms with van der Waals surface area (Å²) in [5, 5.41) is 3.47. The molecule has 7 heteroatoms. The lowest BCUT2D eigenvalue weighted by Gasteiger charge is -2.41. The van der Waals surface area contributed by atoms with Crippen molar-refractivity contribution in [1.82, 2.24) is 0 Å². The third-order valence-corrected chi connectivity index (χ3v) is 8.20. The molecule has 2 aliphatic rings. The fourth-order valence-electron chi connectivity index (χ4n) is 4.77. The predicted molar refractivity (Wildman–Crippen MR) is 124 cm³/mol. The van der Waals surface area contributed by atoms with E-state index in [4.69, 9.17) is 4.74 Å². The lowest BCUT2D eigenvalue weighted by atomic mass is 9.91. The number of anilines is 2. The first kappa shape index (κ1) is 20.6. The summed E-state index contributed by atoms with van der Waals surface area (Å²) in [6, 6.07) is 20.7. The van der Waals surface area contributed by atoms with Crippen LogP contribution in [0.15, 0.2) is 77.7 Å². The SMILES string of the molecule is COc1ccc(C2C(=O)CC3C2Nc2ccccc2N3S(=O)(=O)c2ccc(C)cc2)cc1. The zero-order chi connectivity index (χ0) is 22.5. The lowest BCUT2D eigenvalue weighted by molar-refractivity contribution is -0.118. The summed E-state index contributed by atoms with van der Waals surface area (Å²) in [6.07, 6.45) is 0.147. The quantitative estimate of drug-likeness (QED) is 0.650. The standard InChI is InChI=1S/C25H24N2O4S/c1-16-7-13-19(14-8-16)32(29,30)27-21-6-4-3-5-20(21)26-25-22(27)15-23(28)24(25)17-9-11-18(31-2)12-10-17/h3-14,22,24-26H,15H2,1-2H3. The van der Waals surface area contributed by atoms with Crippen molar-refractivity contribution in [2.75, 3.05) is 16.7 Å². The van der Waals surface area contributed by atoms with Crippen molar-refractivity contribution in [3.63, 3.8) is 0 Å². The Bertz CT molecular complexity index is 1270. The molecule has 3 aromatic rings. The fraction of sp³-hybridized carbons (Fsp3) is 0.240. The molecule has 5 rings (SSSR count). The first-order valence-corrected chi connectivity index (χ1v) is 12.0. The molecule has 3 atom stereocenters. The molecule has 1 saturated carbocycles. The molecular formula is C25H24N2O4S. The van der Waals surface area contributed by atoms with Gasteiger partial charge >= 0.3 is 0 Å². The zero-order valence-electron chi connectivity index (χ0n) is 17.9. The molecule has 0 saturated heterocycles. The Morgan fingerprint density at radius 1 is 0.969 bits per heavy atom. The number of benzene rings is 3. The smallest absolute Gasteiger partial charge is 0.264 e. The van der Waals surface area contributed by atoms with Crippen LogP contribution in [0.1, 0.15) is 23.5 Å². The van der Waals surface area contributed by atoms with Crippen LogP contribution in [0.25, 0.3) is 0 Å². The van der Waals surface area contributed by atoms with Gasteiger partial charge in [-0.25, -0.2) is 8.42 Å². The number of nitrogens with zero attached hydrogens (tertiary/aromatic N) is 1. The van der Waals surface area contributed by atoms with Gasteiger partial charge in [-0.15, -0.1) is 0 Å². The molecule has 0 bridgehead atoms. The van der Waals surface area contributed by atoms with Gasteiger partial charge in [0, 0.05) is 6.42 Å². The minimum Gasteiger partial charge on any atom is -0.497 e. The zero-order valence-corrected chi connectivity index (χ0v) is 18.7. The average Bonchev–Trinajstić information content (AvgIpc) is 3.12. The summed E-state index contributed by atoms with van der Waals surface area (Å²) in [6.45, 7) is 1.92. The first-order valence-electron chi connectivity index (χ1n) is 10.5. The van der Waals surface area contributed by atoms with E-state index in [0.717, 1.165) is 11.1 Å². The molecule has 0 radical (unpaired) electrons. The van der Waals surface area contributed by atoms with E-state index >= 15 is 0 Å². The highest BCUT2D eigenvalue weighted by atomic mass is 32.2. The maximum absolute atomic E-state index is 13.8. The van der Waals surface area contributed by atoms with Crippen LogP contribution >= 0.6 is 0 Å². The second-order valence-electron chi connectivity index (χ2n) is 8.29. The van der Waals surface area contributed by atoms with E-state index in [9.17, 15) is 13.2 Å². The van der Waals surface area contributed by atoms with Crippen LogP contribution in [0.5, 0.6) is 5.75 Å². The lowest BCUT2D eigenvalue weighted by Crippen LogP contribution is -2.52. The van der Waals surface area contributed by atoms with E-state index < -0.39 is 22.0 Å². The summed E-state index contributed by atoms with van der Waals surface area (Å²) in [5.74, 6) is 0.283. The van der Waals surface area contributed by atoms with Gasteiger partial charge < -0.3 is 10.1 Å². The Hall–Kier alpha value is -3.32. The van der Waals surface area contributed by atoms with Gasteiger partial charge in [0.2, 0.25) is 0 Å². The molecule has 3 unspecified atom stereocenters. The number of Topliss-reactive ketones (excluding diaryl/α,β-unsaturated/α-hetero) is 1. The minimum atomic E-state index is -3.86. The second kappa shape index (κ2) is 7.67. The molecule has 1 N–H and O–H groups in total. The summed E-state index contributed by atoms with van der Waals surface area (Å²) < 4.78 is 34.3. The van der Waals surface area contributed by atoms with Crippen molar-refractivity contribution in [2.45, 2.75) is 36.2 Å². The molecule has 1 fully saturated rings. The van der Waals surface area contributed by atoms with Gasteiger partial charge in [-0.1, -0.05) is 42.0 Å². The maximum atomic E-state index is 13.8. The highest BCUT2D eigenvalue weighted by molar-refractivity contribution is 7.92. The van der Waals surface area contributed by atoms with Gasteiger partial charge in [0.25, 0.3) is 10.0 Å². The number of sulfonamides is 1. The highest BCUT2D eigenvalue weighted by Crippen LogP contribution is 2.46. The van der Waals surface area contributed by atoms with Crippen LogP contribution in [0, 0.1) is 6.92 Å². The maximum Gasteiger partial charge on any atom is 0.264 e. The van der Waals surface area contributed by atoms with E-state index in [1.807, 2.05) is 49.4 Å². The van der Waals surface area contributed by atoms with E-state index in [1.54, 1.807) is 37.4 Å². The molecule has 0 spiro atoms. The van der Waals surface area contributed by atoms with Crippen LogP contribution in [-0.2, 0) is 14.8 Å². The molecule has 0 amide bonds. The number of hydrogen-bond acceptors (Lipinski definition) is 5. The summed E-state index contributed by atoms with van der Waals surface area (Å²) >= 11 is 0. The fourth-order valence-corrected chi connectivity index (χ4v) is 6.46. The highest BCUT2D eigenvalue weighted by Gasteiger charge is 2.52. The van der Waals surface area contributed by atoms with E-state index in [1.165, 1.54) is 4.31 Å². The largest absolute Gasteiger partial charge is 0.497 e. The third kappa shape index (κ3) is 3.24. The van der Waals surface area contributed by atoms with Gasteiger partial charge in [-0.05, 0) is 48.9 Å². The number of para-hydroxylation sites is 2. The number of carbonyl (C=O) groups is 1. The van der Waals surface area contributed by atoms with Crippen LogP contribution in [-0.4, -0.2) is 33.4 Å². The molecular weight excluding hydrogens is 424 g/mol. The van der Waals surface area contributed by atoms with Gasteiger partial charge in [-0.2, -0.15) is 0 Å². The van der Waals surface area contributed by atoms with Crippen molar-refractivity contribution in [1.29, 1.82) is 0 Å². The van der Waals surface area contributed by atoms with Crippen molar-refractivity contribution >= 4 is 27.2 Å². The third-order valence-electron chi connectivity index (χ3n) is 6.35. The summed E-state index contributed by atoms with van der Waals surface area (Å²) in [5.41, 5.74) is 3.11. The number of nitrogens with one attached hydrogen (secondary N) is 1. The summed E-state index contributed by atoms with van der Waals surface area (Å²) in [7, 11) is -2.27. The number of ether oxygens (including phenoxy) is 1. The molecule has 32 heavy (non-hydrogen) atoms. The van der Waals surface area contributed by atoms with E-state index in [-0.39, 0.29) is 23.1 Å². The van der Waals surface area contributed by atoms with Crippen molar-refractivity contribution in [2.24, 2.45) is 0 Å². The number of rotatable bonds is 4. The van der Waals surface area contributed by atoms with Gasteiger partial charge in [0.05, 0.1) is 41.4 Å². The molecule has 1 aliphatic heterocycles. The Kier molecular flexibility index (Phi) is 4.93. The van der Waals surface area contributed by atoms with E-state index in [0.29, 0.717) is 17.1 Å². The van der Waals surface area contributed by atoms with Crippen LogP contribution in [0.3, 0.4) is 0 Å². The Balaban J connectivity index is 1.62. The van der Waals surface area contributed by atoms with Gasteiger partial charge in [0.15, 0.2) is 0 Å². The number of methoxy groups -OCH3 is 1. The molecule has 1 aliphatic carbocycles. The van der Waals surface area contributed by atoms with Gasteiger partial charge in [0.1, 0.15) is 11.5 Å². The van der Waals surface area contributed by atoms with Crippen molar-refractivity contribution in [3.8, 4) is 5.75 Å². The molecule has 1 heterocycles. The monoisotopic (exact) mass is 448 g/mol. The number of ketones is 1. The molecule has 164 valence electrons. The van der Waals surface area contributed by atoms with Crippen LogP contribution in [0.4, 0.5) is 11.4 Å². The Morgan fingerprint density at radius 2 is 1.66 bits per heavy atom. The topological polar surface area (TPSA) is 75.7 Å². The Labute approximate surface area is 187 Å². The second-order valence-corrected chi connectivity index (χ2v) is 10.1. The van der Waals surface area contributed by atoms with Crippen molar-refractivity contribution < 1.29 is 17.9 Å². The predicted octanol–water partition coefficient (Wildman–Crippen LogP) is 4.12. The number of aryl methyl sites for hydroxylation is 1. The first-order chi connectivity index (χ1) is 15.4. The average molecular weight is 449 g/mol.